The average molecular weight is 382 g/mol. The van der Waals surface area contributed by atoms with Crippen molar-refractivity contribution >= 4 is 32.6 Å². The minimum absolute atomic E-state index is 0.0973. The van der Waals surface area contributed by atoms with Crippen LogP contribution < -0.4 is 9.64 Å². The Kier molecular flexibility index (Phi) is 5.34. The van der Waals surface area contributed by atoms with Crippen LogP contribution in [0, 0.1) is 5.92 Å². The van der Waals surface area contributed by atoms with E-state index in [1.165, 1.54) is 0 Å². The number of aromatic nitrogens is 2. The lowest BCUT2D eigenvalue weighted by molar-refractivity contribution is -0.122. The van der Waals surface area contributed by atoms with Gasteiger partial charge in [-0.05, 0) is 43.5 Å². The highest BCUT2D eigenvalue weighted by molar-refractivity contribution is 7.22. The van der Waals surface area contributed by atoms with E-state index >= 15 is 0 Å². The summed E-state index contributed by atoms with van der Waals surface area (Å²) in [6.45, 7) is 3.05. The number of pyridine rings is 1. The second kappa shape index (κ2) is 8.05. The molecule has 0 aliphatic heterocycles. The Bertz CT molecular complexity index is 920. The summed E-state index contributed by atoms with van der Waals surface area (Å²) in [5.41, 5.74) is 1.84. The Morgan fingerprint density at radius 2 is 2.11 bits per heavy atom. The Balaban J connectivity index is 1.72. The molecule has 5 nitrogen and oxygen atoms in total. The van der Waals surface area contributed by atoms with Crippen LogP contribution in [0.15, 0.2) is 42.7 Å². The van der Waals surface area contributed by atoms with Crippen molar-refractivity contribution in [3.8, 4) is 5.75 Å². The average Bonchev–Trinajstić information content (AvgIpc) is 3.37. The topological polar surface area (TPSA) is 55.3 Å². The standard InChI is InChI=1S/C21H23N3O2S/c1-2-26-17-10-5-11-18-19(17)23-21(27-18)24(14-15-7-6-12-22-13-15)20(25)16-8-3-4-9-16/h5-7,10-13,16H,2-4,8-9,14H2,1H3. The van der Waals surface area contributed by atoms with E-state index in [1.54, 1.807) is 17.5 Å². The molecule has 1 amide bonds. The lowest BCUT2D eigenvalue weighted by Crippen LogP contribution is -2.34. The second-order valence-corrected chi connectivity index (χ2v) is 7.81. The smallest absolute Gasteiger partial charge is 0.232 e. The molecule has 3 aromatic rings. The van der Waals surface area contributed by atoms with Crippen molar-refractivity contribution in [3.05, 3.63) is 48.3 Å². The van der Waals surface area contributed by atoms with Crippen LogP contribution in [0.1, 0.15) is 38.2 Å². The van der Waals surface area contributed by atoms with Crippen LogP contribution in [0.5, 0.6) is 5.75 Å². The number of hydrogen-bond acceptors (Lipinski definition) is 5. The van der Waals surface area contributed by atoms with Crippen molar-refractivity contribution in [3.63, 3.8) is 0 Å². The molecule has 0 radical (unpaired) electrons. The predicted octanol–water partition coefficient (Wildman–Crippen LogP) is 4.81. The molecule has 1 aliphatic carbocycles. The van der Waals surface area contributed by atoms with E-state index in [1.807, 2.05) is 48.4 Å². The van der Waals surface area contributed by atoms with Gasteiger partial charge in [0.05, 0.1) is 17.9 Å². The summed E-state index contributed by atoms with van der Waals surface area (Å²) in [4.78, 5) is 24.1. The highest BCUT2D eigenvalue weighted by atomic mass is 32.1. The zero-order chi connectivity index (χ0) is 18.6. The molecular weight excluding hydrogens is 358 g/mol. The number of thiazole rings is 1. The molecular formula is C21H23N3O2S. The molecule has 1 aromatic carbocycles. The first-order chi connectivity index (χ1) is 13.3. The number of nitrogens with zero attached hydrogens (tertiary/aromatic N) is 3. The van der Waals surface area contributed by atoms with E-state index in [2.05, 4.69) is 4.98 Å². The fourth-order valence-corrected chi connectivity index (χ4v) is 4.59. The van der Waals surface area contributed by atoms with E-state index in [0.717, 1.165) is 52.3 Å². The maximum Gasteiger partial charge on any atom is 0.232 e. The van der Waals surface area contributed by atoms with Crippen molar-refractivity contribution in [2.75, 3.05) is 11.5 Å². The summed E-state index contributed by atoms with van der Waals surface area (Å²) in [5.74, 6) is 1.04. The van der Waals surface area contributed by atoms with Crippen LogP contribution in [0.25, 0.3) is 10.2 Å². The van der Waals surface area contributed by atoms with Crippen molar-refractivity contribution in [1.82, 2.24) is 9.97 Å². The molecule has 140 valence electrons. The van der Waals surface area contributed by atoms with E-state index in [4.69, 9.17) is 9.72 Å². The first-order valence-electron chi connectivity index (χ1n) is 9.49. The molecule has 27 heavy (non-hydrogen) atoms. The number of hydrogen-bond donors (Lipinski definition) is 0. The Labute approximate surface area is 163 Å². The van der Waals surface area contributed by atoms with Crippen LogP contribution >= 0.6 is 11.3 Å². The minimum atomic E-state index is 0.0973. The van der Waals surface area contributed by atoms with E-state index in [-0.39, 0.29) is 11.8 Å². The summed E-state index contributed by atoms with van der Waals surface area (Å²) >= 11 is 1.55. The van der Waals surface area contributed by atoms with Gasteiger partial charge in [-0.3, -0.25) is 14.7 Å². The number of anilines is 1. The number of fused-ring (bicyclic) bond motifs is 1. The lowest BCUT2D eigenvalue weighted by atomic mass is 10.1. The van der Waals surface area contributed by atoms with Gasteiger partial charge >= 0.3 is 0 Å². The number of ether oxygens (including phenoxy) is 1. The predicted molar refractivity (Wildman–Crippen MR) is 108 cm³/mol. The monoisotopic (exact) mass is 381 g/mol. The van der Waals surface area contributed by atoms with Crippen molar-refractivity contribution in [2.24, 2.45) is 5.92 Å². The van der Waals surface area contributed by atoms with Gasteiger partial charge in [-0.1, -0.05) is 36.3 Å². The third-order valence-electron chi connectivity index (χ3n) is 4.94. The zero-order valence-electron chi connectivity index (χ0n) is 15.4. The van der Waals surface area contributed by atoms with E-state index < -0.39 is 0 Å². The fraction of sp³-hybridized carbons (Fsp3) is 0.381. The first-order valence-corrected chi connectivity index (χ1v) is 10.3. The summed E-state index contributed by atoms with van der Waals surface area (Å²) in [5, 5.41) is 0.734. The SMILES string of the molecule is CCOc1cccc2sc(N(Cc3cccnc3)C(=O)C3CCCC3)nc12. The Morgan fingerprint density at radius 1 is 1.26 bits per heavy atom. The molecule has 0 saturated heterocycles. The highest BCUT2D eigenvalue weighted by Gasteiger charge is 2.30. The van der Waals surface area contributed by atoms with Gasteiger partial charge in [-0.25, -0.2) is 4.98 Å². The number of benzene rings is 1. The van der Waals surface area contributed by atoms with Crippen LogP contribution in [0.2, 0.25) is 0 Å². The first kappa shape index (κ1) is 17.9. The summed E-state index contributed by atoms with van der Waals surface area (Å²) in [6.07, 6.45) is 7.76. The molecule has 0 unspecified atom stereocenters. The van der Waals surface area contributed by atoms with E-state index in [0.29, 0.717) is 13.2 Å². The molecule has 0 atom stereocenters. The van der Waals surface area contributed by atoms with Crippen LogP contribution in [-0.4, -0.2) is 22.5 Å². The van der Waals surface area contributed by atoms with Crippen molar-refractivity contribution in [2.45, 2.75) is 39.2 Å². The quantitative estimate of drug-likeness (QED) is 0.615. The molecule has 6 heteroatoms. The molecule has 4 rings (SSSR count). The minimum Gasteiger partial charge on any atom is -0.492 e. The normalized spacial score (nSPS) is 14.6. The van der Waals surface area contributed by atoms with Gasteiger partial charge in [-0.15, -0.1) is 0 Å². The summed E-state index contributed by atoms with van der Waals surface area (Å²) < 4.78 is 6.76. The van der Waals surface area contributed by atoms with Crippen molar-refractivity contribution in [1.29, 1.82) is 0 Å². The maximum absolute atomic E-state index is 13.3. The maximum atomic E-state index is 13.3. The van der Waals surface area contributed by atoms with Crippen molar-refractivity contribution < 1.29 is 9.53 Å². The molecule has 2 aromatic heterocycles. The molecule has 2 heterocycles. The Morgan fingerprint density at radius 3 is 2.85 bits per heavy atom. The van der Waals surface area contributed by atoms with Crippen LogP contribution in [0.4, 0.5) is 5.13 Å². The number of carbonyl (C=O) groups is 1. The third kappa shape index (κ3) is 3.81. The number of rotatable bonds is 6. The zero-order valence-corrected chi connectivity index (χ0v) is 16.2. The van der Waals surface area contributed by atoms with Gasteiger partial charge in [0.2, 0.25) is 5.91 Å². The van der Waals surface area contributed by atoms with Gasteiger partial charge in [0.1, 0.15) is 11.3 Å². The van der Waals surface area contributed by atoms with Gasteiger partial charge in [0.15, 0.2) is 5.13 Å². The highest BCUT2D eigenvalue weighted by Crippen LogP contribution is 2.36. The van der Waals surface area contributed by atoms with Gasteiger partial charge < -0.3 is 4.74 Å². The van der Waals surface area contributed by atoms with Gasteiger partial charge in [-0.2, -0.15) is 0 Å². The van der Waals surface area contributed by atoms with E-state index in [9.17, 15) is 4.79 Å². The third-order valence-corrected chi connectivity index (χ3v) is 5.98. The summed E-state index contributed by atoms with van der Waals surface area (Å²) in [6, 6.07) is 9.83. The molecule has 1 saturated carbocycles. The van der Waals surface area contributed by atoms with Gasteiger partial charge in [0, 0.05) is 18.3 Å². The number of para-hydroxylation sites is 1. The molecule has 1 aliphatic rings. The van der Waals surface area contributed by atoms with Gasteiger partial charge in [0.25, 0.3) is 0 Å². The summed E-state index contributed by atoms with van der Waals surface area (Å²) in [7, 11) is 0. The van der Waals surface area contributed by atoms with Crippen LogP contribution in [0.3, 0.4) is 0 Å². The number of carbonyl (C=O) groups excluding carboxylic acids is 1. The second-order valence-electron chi connectivity index (χ2n) is 6.80. The molecule has 0 bridgehead atoms. The lowest BCUT2D eigenvalue weighted by Gasteiger charge is -2.23. The largest absolute Gasteiger partial charge is 0.492 e. The fourth-order valence-electron chi connectivity index (χ4n) is 3.61. The Hall–Kier alpha value is -2.47. The molecule has 0 spiro atoms. The number of amides is 1. The van der Waals surface area contributed by atoms with Crippen LogP contribution in [-0.2, 0) is 11.3 Å². The molecule has 1 fully saturated rings. The molecule has 0 N–H and O–H groups in total.